The summed E-state index contributed by atoms with van der Waals surface area (Å²) in [7, 11) is 0. The Hall–Kier alpha value is -2.50. The fraction of sp³-hybridized carbons (Fsp3) is 0.630. The molecule has 0 aromatic carbocycles. The van der Waals surface area contributed by atoms with E-state index in [9.17, 15) is 4.79 Å². The Balaban J connectivity index is 1.36. The summed E-state index contributed by atoms with van der Waals surface area (Å²) >= 11 is 0. The molecule has 6 heteroatoms. The van der Waals surface area contributed by atoms with Gasteiger partial charge >= 0.3 is 0 Å². The Morgan fingerprint density at radius 1 is 1.12 bits per heavy atom. The van der Waals surface area contributed by atoms with Gasteiger partial charge in [0.2, 0.25) is 5.91 Å². The zero-order valence-electron chi connectivity index (χ0n) is 20.8. The highest BCUT2D eigenvalue weighted by Gasteiger charge is 2.42. The molecule has 3 aliphatic rings. The molecule has 1 N–H and O–H groups in total. The van der Waals surface area contributed by atoms with Crippen molar-refractivity contribution in [1.82, 2.24) is 15.2 Å². The maximum atomic E-state index is 12.6. The highest BCUT2D eigenvalue weighted by Crippen LogP contribution is 2.44. The minimum absolute atomic E-state index is 0.107. The summed E-state index contributed by atoms with van der Waals surface area (Å²) in [5.74, 6) is 1.34. The van der Waals surface area contributed by atoms with Crippen LogP contribution in [0.15, 0.2) is 42.9 Å². The van der Waals surface area contributed by atoms with Gasteiger partial charge in [-0.2, -0.15) is 0 Å². The van der Waals surface area contributed by atoms with Gasteiger partial charge in [-0.3, -0.25) is 4.79 Å². The van der Waals surface area contributed by atoms with Gasteiger partial charge in [-0.1, -0.05) is 33.9 Å². The van der Waals surface area contributed by atoms with Crippen LogP contribution in [-0.2, 0) is 4.79 Å². The van der Waals surface area contributed by atoms with Gasteiger partial charge in [0.05, 0.1) is 0 Å². The van der Waals surface area contributed by atoms with Crippen molar-refractivity contribution in [2.75, 3.05) is 49.1 Å². The number of aromatic nitrogens is 1. The molecule has 33 heavy (non-hydrogen) atoms. The zero-order chi connectivity index (χ0) is 23.6. The zero-order valence-corrected chi connectivity index (χ0v) is 20.8. The van der Waals surface area contributed by atoms with Crippen LogP contribution in [0, 0.1) is 10.8 Å². The molecule has 0 bridgehead atoms. The lowest BCUT2D eigenvalue weighted by Gasteiger charge is -2.37. The van der Waals surface area contributed by atoms with E-state index in [1.807, 2.05) is 11.1 Å². The number of amides is 1. The molecule has 3 aliphatic heterocycles. The van der Waals surface area contributed by atoms with Crippen LogP contribution < -0.4 is 15.1 Å². The lowest BCUT2D eigenvalue weighted by molar-refractivity contribution is -0.132. The average molecular weight is 452 g/mol. The van der Waals surface area contributed by atoms with Crippen LogP contribution in [0.3, 0.4) is 0 Å². The number of hydrogen-bond donors (Lipinski definition) is 1. The monoisotopic (exact) mass is 451 g/mol. The summed E-state index contributed by atoms with van der Waals surface area (Å²) in [6.45, 7) is 20.4. The summed E-state index contributed by atoms with van der Waals surface area (Å²) in [5.41, 5.74) is 3.72. The third-order valence-electron chi connectivity index (χ3n) is 7.59. The molecule has 0 saturated carbocycles. The van der Waals surface area contributed by atoms with Crippen molar-refractivity contribution >= 4 is 17.4 Å². The van der Waals surface area contributed by atoms with Crippen molar-refractivity contribution < 1.29 is 4.79 Å². The Kier molecular flexibility index (Phi) is 6.73. The molecule has 1 atom stereocenters. The lowest BCUT2D eigenvalue weighted by atomic mass is 9.80. The molecule has 4 heterocycles. The predicted molar refractivity (Wildman–Crippen MR) is 136 cm³/mol. The first-order valence-corrected chi connectivity index (χ1v) is 12.5. The van der Waals surface area contributed by atoms with Gasteiger partial charge in [-0.25, -0.2) is 4.98 Å². The van der Waals surface area contributed by atoms with E-state index in [1.54, 1.807) is 0 Å². The molecule has 1 spiro atoms. The van der Waals surface area contributed by atoms with E-state index < -0.39 is 0 Å². The quantitative estimate of drug-likeness (QED) is 0.728. The fourth-order valence-corrected chi connectivity index (χ4v) is 5.35. The first kappa shape index (κ1) is 23.7. The van der Waals surface area contributed by atoms with Crippen LogP contribution in [0.1, 0.15) is 59.3 Å². The number of anilines is 2. The van der Waals surface area contributed by atoms with Gasteiger partial charge in [0.25, 0.3) is 0 Å². The van der Waals surface area contributed by atoms with Gasteiger partial charge in [-0.15, -0.1) is 0 Å². The van der Waals surface area contributed by atoms with Crippen LogP contribution >= 0.6 is 0 Å². The van der Waals surface area contributed by atoms with E-state index in [1.165, 1.54) is 5.69 Å². The number of nitrogens with one attached hydrogen (secondary N) is 1. The summed E-state index contributed by atoms with van der Waals surface area (Å²) in [4.78, 5) is 24.2. The molecule has 1 aromatic rings. The minimum Gasteiger partial charge on any atom is -0.368 e. The third-order valence-corrected chi connectivity index (χ3v) is 7.59. The Morgan fingerprint density at radius 2 is 1.88 bits per heavy atom. The van der Waals surface area contributed by atoms with Gasteiger partial charge in [-0.05, 0) is 43.6 Å². The maximum absolute atomic E-state index is 12.6. The standard InChI is InChI=1S/C27H41N5O/c1-21-7-6-10-27(22(2)29-21)12-14-32(20-27)24-19-23(9-13-28-24)30-15-17-31(18-16-30)25(33)8-11-26(3,4)5/h9,13,19,29H,1-2,6-8,10-12,14-18,20H2,3-5H3. The molecule has 1 aromatic heterocycles. The van der Waals surface area contributed by atoms with Crippen molar-refractivity contribution in [2.24, 2.45) is 10.8 Å². The van der Waals surface area contributed by atoms with Crippen LogP contribution in [0.2, 0.25) is 0 Å². The molecule has 3 fully saturated rings. The summed E-state index contributed by atoms with van der Waals surface area (Å²) in [6, 6.07) is 4.32. The Labute approximate surface area is 199 Å². The summed E-state index contributed by atoms with van der Waals surface area (Å²) in [6.07, 6.45) is 7.95. The number of nitrogens with zero attached hydrogens (tertiary/aromatic N) is 4. The number of piperazine rings is 1. The highest BCUT2D eigenvalue weighted by molar-refractivity contribution is 5.76. The van der Waals surface area contributed by atoms with Crippen molar-refractivity contribution in [3.05, 3.63) is 42.9 Å². The lowest BCUT2D eigenvalue weighted by Crippen LogP contribution is -2.49. The normalized spacial score (nSPS) is 24.3. The smallest absolute Gasteiger partial charge is 0.222 e. The van der Waals surface area contributed by atoms with Gasteiger partial charge < -0.3 is 20.0 Å². The van der Waals surface area contributed by atoms with E-state index in [2.05, 4.69) is 61.2 Å². The molecule has 0 aliphatic carbocycles. The van der Waals surface area contributed by atoms with Crippen LogP contribution in [0.4, 0.5) is 11.5 Å². The largest absolute Gasteiger partial charge is 0.368 e. The Bertz CT molecular complexity index is 896. The van der Waals surface area contributed by atoms with Crippen molar-refractivity contribution in [2.45, 2.75) is 59.3 Å². The van der Waals surface area contributed by atoms with Crippen molar-refractivity contribution in [1.29, 1.82) is 0 Å². The first-order valence-electron chi connectivity index (χ1n) is 12.5. The number of carbonyl (C=O) groups is 1. The predicted octanol–water partition coefficient (Wildman–Crippen LogP) is 4.55. The van der Waals surface area contributed by atoms with E-state index >= 15 is 0 Å². The van der Waals surface area contributed by atoms with Gasteiger partial charge in [0, 0.05) is 80.4 Å². The molecular weight excluding hydrogens is 410 g/mol. The number of carbonyl (C=O) groups excluding carboxylic acids is 1. The average Bonchev–Trinajstić information content (AvgIpc) is 3.17. The molecule has 3 saturated heterocycles. The topological polar surface area (TPSA) is 51.7 Å². The SMILES string of the molecule is C=C1CCCC2(CCN(c3cc(N4CCN(C(=O)CCC(C)(C)C)CC4)ccn3)C2)C(=C)N1. The third kappa shape index (κ3) is 5.53. The highest BCUT2D eigenvalue weighted by atomic mass is 16.2. The fourth-order valence-electron chi connectivity index (χ4n) is 5.35. The van der Waals surface area contributed by atoms with E-state index in [4.69, 9.17) is 4.98 Å². The number of rotatable bonds is 4. The van der Waals surface area contributed by atoms with E-state index in [0.29, 0.717) is 12.3 Å². The molecule has 1 unspecified atom stereocenters. The second-order valence-electron chi connectivity index (χ2n) is 11.3. The molecule has 1 amide bonds. The van der Waals surface area contributed by atoms with Gasteiger partial charge in [0.1, 0.15) is 5.82 Å². The van der Waals surface area contributed by atoms with Crippen LogP contribution in [-0.4, -0.2) is 55.1 Å². The molecule has 180 valence electrons. The van der Waals surface area contributed by atoms with Crippen molar-refractivity contribution in [3.63, 3.8) is 0 Å². The first-order chi connectivity index (χ1) is 15.7. The van der Waals surface area contributed by atoms with E-state index in [0.717, 1.165) is 88.6 Å². The Morgan fingerprint density at radius 3 is 2.61 bits per heavy atom. The van der Waals surface area contributed by atoms with E-state index in [-0.39, 0.29) is 10.8 Å². The van der Waals surface area contributed by atoms with Crippen LogP contribution in [0.25, 0.3) is 0 Å². The second kappa shape index (κ2) is 9.40. The van der Waals surface area contributed by atoms with Gasteiger partial charge in [0.15, 0.2) is 0 Å². The summed E-state index contributed by atoms with van der Waals surface area (Å²) in [5, 5.41) is 3.46. The number of hydrogen-bond acceptors (Lipinski definition) is 5. The molecule has 6 nitrogen and oxygen atoms in total. The molecular formula is C27H41N5O. The molecule has 0 radical (unpaired) electrons. The second-order valence-corrected chi connectivity index (χ2v) is 11.3. The van der Waals surface area contributed by atoms with Crippen molar-refractivity contribution in [3.8, 4) is 0 Å². The van der Waals surface area contributed by atoms with Crippen LogP contribution in [0.5, 0.6) is 0 Å². The number of pyridine rings is 1. The molecule has 4 rings (SSSR count). The summed E-state index contributed by atoms with van der Waals surface area (Å²) < 4.78 is 0. The number of allylic oxidation sites excluding steroid dienone is 1. The minimum atomic E-state index is 0.107. The maximum Gasteiger partial charge on any atom is 0.222 e.